The lowest BCUT2D eigenvalue weighted by Crippen LogP contribution is -2.37. The molecule has 0 aliphatic carbocycles. The zero-order valence-corrected chi connectivity index (χ0v) is 13.2. The number of hydrogen-bond donors (Lipinski definition) is 0. The third kappa shape index (κ3) is 2.76. The van der Waals surface area contributed by atoms with E-state index in [0.717, 1.165) is 21.6 Å². The first kappa shape index (κ1) is 14.5. The van der Waals surface area contributed by atoms with Crippen LogP contribution in [0.5, 0.6) is 0 Å². The molecule has 0 radical (unpaired) electrons. The van der Waals surface area contributed by atoms with Gasteiger partial charge in [-0.25, -0.2) is 0 Å². The molecular weight excluding hydrogens is 300 g/mol. The van der Waals surface area contributed by atoms with E-state index in [1.165, 1.54) is 0 Å². The number of imidazole rings is 1. The average molecular weight is 318 g/mol. The molecule has 0 unspecified atom stereocenters. The Bertz CT molecular complexity index is 856. The normalized spacial score (nSPS) is 13.1. The van der Waals surface area contributed by atoms with Crippen LogP contribution >= 0.6 is 0 Å². The number of nitrogens with zero attached hydrogens (tertiary/aromatic N) is 4. The predicted octanol–water partition coefficient (Wildman–Crippen LogP) is 2.57. The zero-order chi connectivity index (χ0) is 16.4. The van der Waals surface area contributed by atoms with E-state index < -0.39 is 0 Å². The minimum atomic E-state index is 0.499. The van der Waals surface area contributed by atoms with E-state index in [1.807, 2.05) is 45.9 Å². The van der Waals surface area contributed by atoms with Crippen LogP contribution in [0.2, 0.25) is 0 Å². The van der Waals surface area contributed by atoms with E-state index in [9.17, 15) is 5.21 Å². The summed E-state index contributed by atoms with van der Waals surface area (Å²) < 4.78 is 2.91. The van der Waals surface area contributed by atoms with Crippen LogP contribution in [-0.4, -0.2) is 17.5 Å². The summed E-state index contributed by atoms with van der Waals surface area (Å²) in [5.74, 6) is 0.671. The predicted molar refractivity (Wildman–Crippen MR) is 94.0 cm³/mol. The number of benzene rings is 2. The fourth-order valence-electron chi connectivity index (χ4n) is 3.05. The topological polar surface area (TPSA) is 47.5 Å². The summed E-state index contributed by atoms with van der Waals surface area (Å²) in [6.45, 7) is 1.83. The van der Waals surface area contributed by atoms with Crippen molar-refractivity contribution < 1.29 is 4.73 Å². The second-order valence-electron chi connectivity index (χ2n) is 5.90. The Morgan fingerprint density at radius 3 is 2.21 bits per heavy atom. The van der Waals surface area contributed by atoms with Crippen LogP contribution in [0.1, 0.15) is 16.8 Å². The lowest BCUT2D eigenvalue weighted by Gasteiger charge is -2.21. The molecule has 0 atom stereocenters. The van der Waals surface area contributed by atoms with Crippen molar-refractivity contribution in [3.8, 4) is 0 Å². The summed E-state index contributed by atoms with van der Waals surface area (Å²) in [5.41, 5.74) is 3.18. The number of rotatable bonds is 4. The number of anilines is 1. The Morgan fingerprint density at radius 2 is 1.54 bits per heavy atom. The smallest absolute Gasteiger partial charge is 0.267 e. The summed E-state index contributed by atoms with van der Waals surface area (Å²) in [6, 6.07) is 20.3. The van der Waals surface area contributed by atoms with Gasteiger partial charge >= 0.3 is 0 Å². The second kappa shape index (κ2) is 6.20. The van der Waals surface area contributed by atoms with Gasteiger partial charge in [0.05, 0.1) is 19.3 Å². The summed E-state index contributed by atoms with van der Waals surface area (Å²) in [5, 5.41) is 12.5. The highest BCUT2D eigenvalue weighted by molar-refractivity contribution is 5.85. The monoisotopic (exact) mass is 318 g/mol. The molecule has 0 saturated heterocycles. The Hall–Kier alpha value is -3.08. The Kier molecular flexibility index (Phi) is 3.75. The summed E-state index contributed by atoms with van der Waals surface area (Å²) >= 11 is 0. The lowest BCUT2D eigenvalue weighted by atomic mass is 10.2. The molecular formula is C19H18N4O. The molecule has 1 aliphatic heterocycles. The molecule has 1 aromatic heterocycles. The van der Waals surface area contributed by atoms with Gasteiger partial charge in [0.2, 0.25) is 0 Å². The third-order valence-corrected chi connectivity index (χ3v) is 4.17. The van der Waals surface area contributed by atoms with Crippen molar-refractivity contribution in [1.29, 1.82) is 0 Å². The Labute approximate surface area is 140 Å². The van der Waals surface area contributed by atoms with Gasteiger partial charge in [-0.2, -0.15) is 0 Å². The van der Waals surface area contributed by atoms with Crippen LogP contribution in [0, 0.1) is 5.21 Å². The first-order valence-corrected chi connectivity index (χ1v) is 7.96. The molecule has 0 fully saturated rings. The molecule has 4 rings (SSSR count). The molecule has 0 amide bonds. The van der Waals surface area contributed by atoms with Gasteiger partial charge in [-0.15, -0.1) is 0 Å². The molecule has 0 N–H and O–H groups in total. The van der Waals surface area contributed by atoms with E-state index >= 15 is 0 Å². The van der Waals surface area contributed by atoms with Crippen molar-refractivity contribution in [2.24, 2.45) is 4.99 Å². The fourth-order valence-corrected chi connectivity index (χ4v) is 3.05. The van der Waals surface area contributed by atoms with Crippen LogP contribution in [0.3, 0.4) is 0 Å². The number of aliphatic imine (C=N–C) groups is 1. The van der Waals surface area contributed by atoms with Gasteiger partial charge in [0.1, 0.15) is 0 Å². The van der Waals surface area contributed by atoms with Gasteiger partial charge in [-0.05, 0) is 11.1 Å². The molecule has 5 heteroatoms. The molecule has 3 aromatic rings. The SMILES string of the molecule is [O-][n+]1cn(Cc2ccccc2)c2c1N(Cc1ccccc1)CN=C2. The van der Waals surface area contributed by atoms with Crippen molar-refractivity contribution in [3.63, 3.8) is 0 Å². The van der Waals surface area contributed by atoms with E-state index in [0.29, 0.717) is 25.6 Å². The quantitative estimate of drug-likeness (QED) is 0.548. The third-order valence-electron chi connectivity index (χ3n) is 4.17. The van der Waals surface area contributed by atoms with Gasteiger partial charge in [-0.3, -0.25) is 19.2 Å². The Balaban J connectivity index is 1.65. The van der Waals surface area contributed by atoms with Crippen LogP contribution in [0.4, 0.5) is 5.82 Å². The summed E-state index contributed by atoms with van der Waals surface area (Å²) in [7, 11) is 0. The average Bonchev–Trinajstić information content (AvgIpc) is 2.94. The highest BCUT2D eigenvalue weighted by Gasteiger charge is 2.27. The number of fused-ring (bicyclic) bond motifs is 1. The molecule has 0 bridgehead atoms. The van der Waals surface area contributed by atoms with Crippen molar-refractivity contribution in [3.05, 3.63) is 89.0 Å². The first-order valence-electron chi connectivity index (χ1n) is 7.96. The van der Waals surface area contributed by atoms with Crippen molar-refractivity contribution in [2.75, 3.05) is 11.6 Å². The van der Waals surface area contributed by atoms with Crippen molar-refractivity contribution in [2.45, 2.75) is 13.1 Å². The minimum Gasteiger partial charge on any atom is -0.740 e. The Morgan fingerprint density at radius 1 is 0.917 bits per heavy atom. The van der Waals surface area contributed by atoms with E-state index in [-0.39, 0.29) is 0 Å². The van der Waals surface area contributed by atoms with E-state index in [4.69, 9.17) is 0 Å². The maximum Gasteiger partial charge on any atom is 0.267 e. The number of aromatic nitrogens is 2. The fraction of sp³-hybridized carbons (Fsp3) is 0.158. The molecule has 24 heavy (non-hydrogen) atoms. The van der Waals surface area contributed by atoms with Gasteiger partial charge in [-0.1, -0.05) is 60.7 Å². The molecule has 5 nitrogen and oxygen atoms in total. The zero-order valence-electron chi connectivity index (χ0n) is 13.2. The van der Waals surface area contributed by atoms with E-state index in [1.54, 1.807) is 12.5 Å². The largest absolute Gasteiger partial charge is 0.740 e. The first-order chi connectivity index (χ1) is 11.8. The van der Waals surface area contributed by atoms with E-state index in [2.05, 4.69) is 29.3 Å². The molecule has 1 aliphatic rings. The highest BCUT2D eigenvalue weighted by Crippen LogP contribution is 2.22. The molecule has 2 aromatic carbocycles. The summed E-state index contributed by atoms with van der Waals surface area (Å²) in [6.07, 6.45) is 3.40. The molecule has 120 valence electrons. The van der Waals surface area contributed by atoms with Crippen LogP contribution in [0.15, 0.2) is 72.0 Å². The van der Waals surface area contributed by atoms with Gasteiger partial charge in [0.25, 0.3) is 5.82 Å². The highest BCUT2D eigenvalue weighted by atomic mass is 16.5. The summed E-state index contributed by atoms with van der Waals surface area (Å²) in [4.78, 5) is 6.45. The van der Waals surface area contributed by atoms with Crippen molar-refractivity contribution in [1.82, 2.24) is 4.57 Å². The maximum atomic E-state index is 12.5. The van der Waals surface area contributed by atoms with Gasteiger partial charge < -0.3 is 5.21 Å². The van der Waals surface area contributed by atoms with Gasteiger partial charge in [0, 0.05) is 0 Å². The molecule has 0 saturated carbocycles. The van der Waals surface area contributed by atoms with Crippen LogP contribution in [0.25, 0.3) is 0 Å². The second-order valence-corrected chi connectivity index (χ2v) is 5.90. The molecule has 2 heterocycles. The minimum absolute atomic E-state index is 0.499. The van der Waals surface area contributed by atoms with Crippen LogP contribution < -0.4 is 9.63 Å². The maximum absolute atomic E-state index is 12.5. The van der Waals surface area contributed by atoms with Crippen molar-refractivity contribution >= 4 is 12.0 Å². The standard InChI is InChI=1S/C19H18N4O/c24-23-15-22(13-17-9-5-2-6-10-17)18-11-20-14-21(19(18)23)12-16-7-3-1-4-8-16/h1-11,15H,12-14H2. The number of hydrogen-bond acceptors (Lipinski definition) is 3. The lowest BCUT2D eigenvalue weighted by molar-refractivity contribution is -0.592. The van der Waals surface area contributed by atoms with Gasteiger partial charge in [0.15, 0.2) is 18.7 Å². The van der Waals surface area contributed by atoms with Crippen LogP contribution in [-0.2, 0) is 13.1 Å². The molecule has 0 spiro atoms.